The van der Waals surface area contributed by atoms with E-state index in [0.717, 1.165) is 0 Å². The van der Waals surface area contributed by atoms with E-state index in [-0.39, 0.29) is 5.71 Å². The van der Waals surface area contributed by atoms with Crippen molar-refractivity contribution in [3.8, 4) is 0 Å². The van der Waals surface area contributed by atoms with Crippen molar-refractivity contribution in [1.29, 1.82) is 0 Å². The highest BCUT2D eigenvalue weighted by molar-refractivity contribution is 6.03. The fourth-order valence-corrected chi connectivity index (χ4v) is 1.10. The maximum absolute atomic E-state index is 11.9. The van der Waals surface area contributed by atoms with E-state index in [9.17, 15) is 18.0 Å². The van der Waals surface area contributed by atoms with Crippen molar-refractivity contribution in [1.82, 2.24) is 0 Å². The summed E-state index contributed by atoms with van der Waals surface area (Å²) in [6, 6.07) is 8.52. The molecule has 0 bridgehead atoms. The number of ketones is 1. The van der Waals surface area contributed by atoms with E-state index in [1.54, 1.807) is 30.3 Å². The predicted molar refractivity (Wildman–Crippen MR) is 54.9 cm³/mol. The Bertz CT molecular complexity index is 395. The number of halogens is 3. The minimum atomic E-state index is -4.78. The number of alkyl halides is 3. The van der Waals surface area contributed by atoms with E-state index < -0.39 is 18.4 Å². The fraction of sp³-hybridized carbons (Fsp3) is 0.273. The summed E-state index contributed by atoms with van der Waals surface area (Å²) in [5.74, 6) is -1.77. The number of Topliss-reactive ketones (excluding diaryl/α,β-unsaturated/α-hetero) is 1. The molecule has 0 amide bonds. The maximum atomic E-state index is 11.9. The highest BCUT2D eigenvalue weighted by atomic mass is 19.4. The standard InChI is InChI=1S/C11H10F3NO/c1-8(7-10(16)11(12,13)14)15-9-5-3-2-4-6-9/h2-6H,7H2,1H3. The molecule has 0 unspecified atom stereocenters. The van der Waals surface area contributed by atoms with Crippen molar-refractivity contribution in [3.05, 3.63) is 30.3 Å². The molecule has 0 fully saturated rings. The van der Waals surface area contributed by atoms with Crippen molar-refractivity contribution in [2.75, 3.05) is 0 Å². The Morgan fingerprint density at radius 3 is 2.31 bits per heavy atom. The summed E-state index contributed by atoms with van der Waals surface area (Å²) in [6.07, 6.45) is -5.48. The lowest BCUT2D eigenvalue weighted by Gasteiger charge is -2.04. The molecule has 0 saturated carbocycles. The van der Waals surface area contributed by atoms with Crippen LogP contribution in [0, 0.1) is 0 Å². The zero-order valence-electron chi connectivity index (χ0n) is 8.58. The quantitative estimate of drug-likeness (QED) is 0.731. The molecule has 1 aromatic rings. The van der Waals surface area contributed by atoms with Gasteiger partial charge in [0.2, 0.25) is 5.78 Å². The molecule has 1 aromatic carbocycles. The van der Waals surface area contributed by atoms with Crippen molar-refractivity contribution in [2.24, 2.45) is 4.99 Å². The topological polar surface area (TPSA) is 29.4 Å². The summed E-state index contributed by atoms with van der Waals surface area (Å²) in [5.41, 5.74) is 0.684. The third-order valence-electron chi connectivity index (χ3n) is 1.81. The smallest absolute Gasteiger partial charge is 0.289 e. The number of nitrogens with zero attached hydrogens (tertiary/aromatic N) is 1. The summed E-state index contributed by atoms with van der Waals surface area (Å²) >= 11 is 0. The minimum absolute atomic E-state index is 0.147. The summed E-state index contributed by atoms with van der Waals surface area (Å²) in [4.78, 5) is 14.6. The van der Waals surface area contributed by atoms with Crippen LogP contribution in [0.15, 0.2) is 35.3 Å². The van der Waals surface area contributed by atoms with Crippen LogP contribution in [0.3, 0.4) is 0 Å². The molecule has 0 spiro atoms. The van der Waals surface area contributed by atoms with Crippen molar-refractivity contribution >= 4 is 17.2 Å². The second-order valence-electron chi connectivity index (χ2n) is 3.28. The molecule has 0 N–H and O–H groups in total. The van der Waals surface area contributed by atoms with Crippen LogP contribution in [0.5, 0.6) is 0 Å². The van der Waals surface area contributed by atoms with Gasteiger partial charge in [-0.25, -0.2) is 0 Å². The number of hydrogen-bond acceptors (Lipinski definition) is 2. The molecule has 0 atom stereocenters. The Labute approximate surface area is 90.8 Å². The lowest BCUT2D eigenvalue weighted by molar-refractivity contribution is -0.169. The third kappa shape index (κ3) is 3.84. The van der Waals surface area contributed by atoms with Crippen LogP contribution in [0.1, 0.15) is 13.3 Å². The van der Waals surface area contributed by atoms with E-state index in [2.05, 4.69) is 4.99 Å². The predicted octanol–water partition coefficient (Wildman–Crippen LogP) is 3.30. The van der Waals surface area contributed by atoms with E-state index in [4.69, 9.17) is 0 Å². The molecular formula is C11H10F3NO. The van der Waals surface area contributed by atoms with Gasteiger partial charge in [0, 0.05) is 5.71 Å². The van der Waals surface area contributed by atoms with Crippen LogP contribution in [-0.2, 0) is 4.79 Å². The Morgan fingerprint density at radius 1 is 1.25 bits per heavy atom. The molecule has 0 aliphatic heterocycles. The van der Waals surface area contributed by atoms with Crippen molar-refractivity contribution in [2.45, 2.75) is 19.5 Å². The minimum Gasteiger partial charge on any atom is -0.289 e. The van der Waals surface area contributed by atoms with Gasteiger partial charge < -0.3 is 0 Å². The van der Waals surface area contributed by atoms with E-state index in [1.165, 1.54) is 6.92 Å². The Hall–Kier alpha value is -1.65. The average molecular weight is 229 g/mol. The second-order valence-corrected chi connectivity index (χ2v) is 3.28. The fourth-order valence-electron chi connectivity index (χ4n) is 1.10. The van der Waals surface area contributed by atoms with Gasteiger partial charge in [-0.2, -0.15) is 13.2 Å². The molecule has 2 nitrogen and oxygen atoms in total. The molecular weight excluding hydrogens is 219 g/mol. The maximum Gasteiger partial charge on any atom is 0.450 e. The van der Waals surface area contributed by atoms with Gasteiger partial charge in [-0.1, -0.05) is 18.2 Å². The van der Waals surface area contributed by atoms with E-state index in [1.807, 2.05) is 0 Å². The van der Waals surface area contributed by atoms with E-state index in [0.29, 0.717) is 5.69 Å². The van der Waals surface area contributed by atoms with Crippen LogP contribution >= 0.6 is 0 Å². The lowest BCUT2D eigenvalue weighted by atomic mass is 10.2. The van der Waals surface area contributed by atoms with Gasteiger partial charge in [0.25, 0.3) is 0 Å². The number of rotatable bonds is 3. The largest absolute Gasteiger partial charge is 0.450 e. The van der Waals surface area contributed by atoms with Crippen LogP contribution in [0.25, 0.3) is 0 Å². The highest BCUT2D eigenvalue weighted by Gasteiger charge is 2.37. The van der Waals surface area contributed by atoms with Gasteiger partial charge in [-0.05, 0) is 19.1 Å². The Kier molecular flexibility index (Phi) is 3.82. The number of carbonyl (C=O) groups is 1. The van der Waals surface area contributed by atoms with Gasteiger partial charge in [0.05, 0.1) is 12.1 Å². The molecule has 0 radical (unpaired) electrons. The SMILES string of the molecule is CC(CC(=O)C(F)(F)F)=Nc1ccccc1. The monoisotopic (exact) mass is 229 g/mol. The Balaban J connectivity index is 2.70. The molecule has 86 valence electrons. The van der Waals surface area contributed by atoms with Crippen molar-refractivity contribution in [3.63, 3.8) is 0 Å². The normalized spacial score (nSPS) is 12.6. The van der Waals surface area contributed by atoms with Crippen LogP contribution in [0.4, 0.5) is 18.9 Å². The number of carbonyl (C=O) groups excluding carboxylic acids is 1. The first kappa shape index (κ1) is 12.4. The summed E-state index contributed by atoms with van der Waals surface area (Å²) in [5, 5.41) is 0. The van der Waals surface area contributed by atoms with Gasteiger partial charge >= 0.3 is 6.18 Å². The number of hydrogen-bond donors (Lipinski definition) is 0. The molecule has 0 aliphatic rings. The van der Waals surface area contributed by atoms with Gasteiger partial charge in [0.1, 0.15) is 0 Å². The van der Waals surface area contributed by atoms with Gasteiger partial charge in [0.15, 0.2) is 0 Å². The van der Waals surface area contributed by atoms with Crippen LogP contribution in [-0.4, -0.2) is 17.7 Å². The third-order valence-corrected chi connectivity index (χ3v) is 1.81. The molecule has 16 heavy (non-hydrogen) atoms. The molecule has 1 rings (SSSR count). The highest BCUT2D eigenvalue weighted by Crippen LogP contribution is 2.19. The molecule has 0 heterocycles. The van der Waals surface area contributed by atoms with Gasteiger partial charge in [-0.3, -0.25) is 9.79 Å². The molecule has 0 aliphatic carbocycles. The van der Waals surface area contributed by atoms with Crippen molar-refractivity contribution < 1.29 is 18.0 Å². The summed E-state index contributed by atoms with van der Waals surface area (Å²) in [6.45, 7) is 1.40. The first-order chi connectivity index (χ1) is 7.39. The molecule has 5 heteroatoms. The zero-order valence-corrected chi connectivity index (χ0v) is 8.58. The number of aliphatic imine (C=N–C) groups is 1. The van der Waals surface area contributed by atoms with Crippen LogP contribution < -0.4 is 0 Å². The van der Waals surface area contributed by atoms with Gasteiger partial charge in [-0.15, -0.1) is 0 Å². The molecule has 0 saturated heterocycles. The second kappa shape index (κ2) is 4.92. The summed E-state index contributed by atoms with van der Waals surface area (Å²) in [7, 11) is 0. The zero-order chi connectivity index (χ0) is 12.2. The lowest BCUT2D eigenvalue weighted by Crippen LogP contribution is -2.24. The Morgan fingerprint density at radius 2 is 1.81 bits per heavy atom. The average Bonchev–Trinajstić information content (AvgIpc) is 2.17. The van der Waals surface area contributed by atoms with Crippen LogP contribution in [0.2, 0.25) is 0 Å². The first-order valence-corrected chi connectivity index (χ1v) is 4.59. The number of para-hydroxylation sites is 1. The van der Waals surface area contributed by atoms with E-state index >= 15 is 0 Å². The number of benzene rings is 1. The molecule has 0 aromatic heterocycles. The summed E-state index contributed by atoms with van der Waals surface area (Å²) < 4.78 is 35.8. The first-order valence-electron chi connectivity index (χ1n) is 4.59.